The fraction of sp³-hybridized carbons (Fsp3) is 0.417. The van der Waals surface area contributed by atoms with Crippen LogP contribution in [-0.2, 0) is 4.79 Å². The summed E-state index contributed by atoms with van der Waals surface area (Å²) in [5.41, 5.74) is 0. The molecule has 0 spiro atoms. The molecule has 0 aliphatic heterocycles. The van der Waals surface area contributed by atoms with Gasteiger partial charge >= 0.3 is 5.97 Å². The van der Waals surface area contributed by atoms with Gasteiger partial charge in [0.15, 0.2) is 0 Å². The second-order valence-electron chi connectivity index (χ2n) is 3.24. The predicted octanol–water partition coefficient (Wildman–Crippen LogP) is 2.79. The van der Waals surface area contributed by atoms with E-state index in [1.54, 1.807) is 12.1 Å². The number of carbonyl (C=O) groups is 1. The number of ether oxygens (including phenoxy) is 1. The molecule has 0 N–H and O–H groups in total. The van der Waals surface area contributed by atoms with Crippen molar-refractivity contribution >= 4 is 35.5 Å². The number of rotatable bonds is 5. The molecule has 0 bridgehead atoms. The predicted molar refractivity (Wildman–Crippen MR) is 62.0 cm³/mol. The van der Waals surface area contributed by atoms with E-state index in [1.165, 1.54) is 0 Å². The van der Waals surface area contributed by atoms with Gasteiger partial charge in [0.25, 0.3) is 0 Å². The number of hydrogen-bond acceptors (Lipinski definition) is 2. The molecule has 0 aliphatic rings. The second kappa shape index (κ2) is 8.96. The first kappa shape index (κ1) is 14.7. The molecular formula is C12H16NaO2. The third-order valence-corrected chi connectivity index (χ3v) is 1.96. The maximum absolute atomic E-state index is 11.3. The Morgan fingerprint density at radius 2 is 1.87 bits per heavy atom. The van der Waals surface area contributed by atoms with Gasteiger partial charge in [-0.3, -0.25) is 4.79 Å². The molecule has 0 unspecified atom stereocenters. The molecule has 2 nitrogen and oxygen atoms in total. The van der Waals surface area contributed by atoms with E-state index in [0.29, 0.717) is 12.2 Å². The van der Waals surface area contributed by atoms with E-state index in [9.17, 15) is 4.79 Å². The largest absolute Gasteiger partial charge is 0.427 e. The molecule has 1 rings (SSSR count). The van der Waals surface area contributed by atoms with Gasteiger partial charge in [0.2, 0.25) is 0 Å². The Balaban J connectivity index is 0.00000196. The average molecular weight is 215 g/mol. The van der Waals surface area contributed by atoms with Gasteiger partial charge in [-0.25, -0.2) is 0 Å². The van der Waals surface area contributed by atoms with E-state index in [0.717, 1.165) is 19.3 Å². The van der Waals surface area contributed by atoms with Gasteiger partial charge in [0, 0.05) is 36.0 Å². The first-order valence-electron chi connectivity index (χ1n) is 5.08. The van der Waals surface area contributed by atoms with Crippen LogP contribution in [0.4, 0.5) is 0 Å². The Morgan fingerprint density at radius 1 is 1.20 bits per heavy atom. The minimum atomic E-state index is -0.135. The fourth-order valence-corrected chi connectivity index (χ4v) is 1.19. The molecule has 0 aliphatic carbocycles. The molecule has 1 aromatic rings. The molecule has 0 saturated carbocycles. The van der Waals surface area contributed by atoms with Crippen molar-refractivity contribution in [2.45, 2.75) is 32.6 Å². The van der Waals surface area contributed by atoms with Crippen LogP contribution in [0.3, 0.4) is 0 Å². The minimum Gasteiger partial charge on any atom is -0.427 e. The van der Waals surface area contributed by atoms with Crippen molar-refractivity contribution in [1.29, 1.82) is 0 Å². The monoisotopic (exact) mass is 215 g/mol. The van der Waals surface area contributed by atoms with Crippen LogP contribution in [0.2, 0.25) is 0 Å². The number of hydrogen-bond donors (Lipinski definition) is 0. The minimum absolute atomic E-state index is 0. The summed E-state index contributed by atoms with van der Waals surface area (Å²) in [5.74, 6) is 0.499. The molecule has 0 amide bonds. The van der Waals surface area contributed by atoms with Gasteiger partial charge in [0.05, 0.1) is 0 Å². The molecule has 77 valence electrons. The maximum atomic E-state index is 11.3. The molecule has 0 heterocycles. The van der Waals surface area contributed by atoms with E-state index in [2.05, 4.69) is 6.92 Å². The molecule has 0 fully saturated rings. The van der Waals surface area contributed by atoms with Crippen molar-refractivity contribution in [2.75, 3.05) is 0 Å². The van der Waals surface area contributed by atoms with Crippen molar-refractivity contribution in [1.82, 2.24) is 0 Å². The Labute approximate surface area is 113 Å². The van der Waals surface area contributed by atoms with Gasteiger partial charge in [0.1, 0.15) is 5.75 Å². The average Bonchev–Trinajstić information content (AvgIpc) is 2.20. The Hall–Kier alpha value is -0.310. The normalized spacial score (nSPS) is 9.13. The van der Waals surface area contributed by atoms with Crippen LogP contribution in [0.15, 0.2) is 30.3 Å². The van der Waals surface area contributed by atoms with Crippen LogP contribution in [-0.4, -0.2) is 35.5 Å². The summed E-state index contributed by atoms with van der Waals surface area (Å²) in [5, 5.41) is 0. The summed E-state index contributed by atoms with van der Waals surface area (Å²) < 4.78 is 5.12. The standard InChI is InChI=1S/C12H16O2.Na/c1-2-3-5-10-12(13)14-11-8-6-4-7-9-11;/h4,6-9H,2-3,5,10H2,1H3;. The van der Waals surface area contributed by atoms with Crippen LogP contribution in [0.1, 0.15) is 32.6 Å². The molecule has 0 atom stereocenters. The Morgan fingerprint density at radius 3 is 2.47 bits per heavy atom. The molecule has 0 aromatic heterocycles. The second-order valence-corrected chi connectivity index (χ2v) is 3.24. The van der Waals surface area contributed by atoms with Crippen molar-refractivity contribution in [3.8, 4) is 5.75 Å². The number of benzene rings is 1. The summed E-state index contributed by atoms with van der Waals surface area (Å²) in [6.45, 7) is 2.11. The number of para-hydroxylation sites is 1. The molecular weight excluding hydrogens is 199 g/mol. The summed E-state index contributed by atoms with van der Waals surface area (Å²) >= 11 is 0. The van der Waals surface area contributed by atoms with Gasteiger partial charge in [-0.2, -0.15) is 0 Å². The number of unbranched alkanes of at least 4 members (excludes halogenated alkanes) is 2. The Kier molecular flexibility index (Phi) is 8.77. The first-order chi connectivity index (χ1) is 6.83. The van der Waals surface area contributed by atoms with E-state index < -0.39 is 0 Å². The van der Waals surface area contributed by atoms with Gasteiger partial charge < -0.3 is 4.74 Å². The van der Waals surface area contributed by atoms with Crippen molar-refractivity contribution in [3.63, 3.8) is 0 Å². The maximum Gasteiger partial charge on any atom is 0.311 e. The summed E-state index contributed by atoms with van der Waals surface area (Å²) in [6.07, 6.45) is 3.65. The topological polar surface area (TPSA) is 26.3 Å². The third-order valence-electron chi connectivity index (χ3n) is 1.96. The molecule has 1 aromatic carbocycles. The third kappa shape index (κ3) is 6.72. The zero-order chi connectivity index (χ0) is 10.2. The van der Waals surface area contributed by atoms with Crippen molar-refractivity contribution in [3.05, 3.63) is 30.3 Å². The van der Waals surface area contributed by atoms with Crippen molar-refractivity contribution in [2.24, 2.45) is 0 Å². The van der Waals surface area contributed by atoms with Crippen LogP contribution >= 0.6 is 0 Å². The van der Waals surface area contributed by atoms with E-state index in [-0.39, 0.29) is 35.5 Å². The quantitative estimate of drug-likeness (QED) is 0.327. The smallest absolute Gasteiger partial charge is 0.311 e. The van der Waals surface area contributed by atoms with Gasteiger partial charge in [-0.15, -0.1) is 0 Å². The summed E-state index contributed by atoms with van der Waals surface area (Å²) in [6, 6.07) is 9.19. The van der Waals surface area contributed by atoms with Crippen LogP contribution in [0, 0.1) is 0 Å². The number of esters is 1. The molecule has 0 saturated heterocycles. The molecule has 15 heavy (non-hydrogen) atoms. The first-order valence-corrected chi connectivity index (χ1v) is 5.08. The van der Waals surface area contributed by atoms with E-state index in [4.69, 9.17) is 4.74 Å². The zero-order valence-corrected chi connectivity index (χ0v) is 11.5. The zero-order valence-electron chi connectivity index (χ0n) is 9.53. The van der Waals surface area contributed by atoms with Crippen LogP contribution < -0.4 is 4.74 Å². The van der Waals surface area contributed by atoms with Gasteiger partial charge in [-0.1, -0.05) is 38.0 Å². The molecule has 1 radical (unpaired) electrons. The number of carbonyl (C=O) groups excluding carboxylic acids is 1. The molecule has 3 heteroatoms. The summed E-state index contributed by atoms with van der Waals surface area (Å²) in [4.78, 5) is 11.3. The summed E-state index contributed by atoms with van der Waals surface area (Å²) in [7, 11) is 0. The van der Waals surface area contributed by atoms with Crippen LogP contribution in [0.5, 0.6) is 5.75 Å². The SMILES string of the molecule is CCCCCC(=O)Oc1ccccc1.[Na]. The van der Waals surface area contributed by atoms with Gasteiger partial charge in [-0.05, 0) is 18.6 Å². The van der Waals surface area contributed by atoms with E-state index in [1.807, 2.05) is 18.2 Å². The van der Waals surface area contributed by atoms with Crippen molar-refractivity contribution < 1.29 is 9.53 Å². The van der Waals surface area contributed by atoms with E-state index >= 15 is 0 Å². The Bertz CT molecular complexity index is 272. The van der Waals surface area contributed by atoms with Crippen LogP contribution in [0.25, 0.3) is 0 Å². The fourth-order valence-electron chi connectivity index (χ4n) is 1.19.